The molecule has 0 fully saturated rings. The summed E-state index contributed by atoms with van der Waals surface area (Å²) in [6, 6.07) is 6.20. The summed E-state index contributed by atoms with van der Waals surface area (Å²) in [4.78, 5) is 0. The van der Waals surface area contributed by atoms with Crippen LogP contribution in [0.25, 0.3) is 0 Å². The van der Waals surface area contributed by atoms with Crippen molar-refractivity contribution in [1.82, 2.24) is 5.32 Å². The summed E-state index contributed by atoms with van der Waals surface area (Å²) in [5, 5.41) is 3.19. The molecule has 16 heavy (non-hydrogen) atoms. The zero-order chi connectivity index (χ0) is 12.0. The summed E-state index contributed by atoms with van der Waals surface area (Å²) < 4.78 is 36.6. The molecule has 0 aliphatic carbocycles. The molecule has 4 nitrogen and oxygen atoms in total. The van der Waals surface area contributed by atoms with E-state index in [1.807, 2.05) is 0 Å². The molecule has 0 heterocycles. The number of benzene rings is 1. The van der Waals surface area contributed by atoms with Gasteiger partial charge in [-0.05, 0) is 30.7 Å². The first kappa shape index (κ1) is 12.9. The van der Waals surface area contributed by atoms with Gasteiger partial charge in [0.1, 0.15) is 5.75 Å². The number of hydrogen-bond donors (Lipinski definition) is 1. The van der Waals surface area contributed by atoms with Gasteiger partial charge in [-0.3, -0.25) is 0 Å². The second-order valence-corrected chi connectivity index (χ2v) is 4.25. The molecule has 0 saturated carbocycles. The summed E-state index contributed by atoms with van der Waals surface area (Å²) in [7, 11) is -4.93. The Labute approximate surface area is 94.9 Å². The third-order valence-electron chi connectivity index (χ3n) is 1.88. The summed E-state index contributed by atoms with van der Waals surface area (Å²) in [6.45, 7) is 3.67. The van der Waals surface area contributed by atoms with Gasteiger partial charge in [0, 0.05) is 6.54 Å². The fourth-order valence-corrected chi connectivity index (χ4v) is 1.53. The highest BCUT2D eigenvalue weighted by Crippen LogP contribution is 2.14. The van der Waals surface area contributed by atoms with Gasteiger partial charge >= 0.3 is 10.5 Å². The van der Waals surface area contributed by atoms with Gasteiger partial charge in [0.25, 0.3) is 0 Å². The second-order valence-electron chi connectivity index (χ2n) is 3.30. The van der Waals surface area contributed by atoms with E-state index in [1.165, 1.54) is 12.1 Å². The molecule has 0 amide bonds. The minimum atomic E-state index is -4.93. The van der Waals surface area contributed by atoms with Crippen molar-refractivity contribution >= 4 is 10.5 Å². The van der Waals surface area contributed by atoms with Crippen LogP contribution in [0.15, 0.2) is 24.3 Å². The van der Waals surface area contributed by atoms with Crippen LogP contribution in [-0.4, -0.2) is 15.0 Å². The van der Waals surface area contributed by atoms with Gasteiger partial charge < -0.3 is 9.50 Å². The Kier molecular flexibility index (Phi) is 4.70. The van der Waals surface area contributed by atoms with Crippen molar-refractivity contribution < 1.29 is 16.5 Å². The van der Waals surface area contributed by atoms with Crippen molar-refractivity contribution in [2.24, 2.45) is 0 Å². The van der Waals surface area contributed by atoms with E-state index in [9.17, 15) is 12.3 Å². The Morgan fingerprint density at radius 1 is 1.31 bits per heavy atom. The highest BCUT2D eigenvalue weighted by molar-refractivity contribution is 7.81. The summed E-state index contributed by atoms with van der Waals surface area (Å²) in [5.74, 6) is -0.0262. The fourth-order valence-electron chi connectivity index (χ4n) is 1.19. The minimum absolute atomic E-state index is 0.0262. The first-order valence-corrected chi connectivity index (χ1v) is 6.26. The predicted molar refractivity (Wildman–Crippen MR) is 59.1 cm³/mol. The average Bonchev–Trinajstić information content (AvgIpc) is 2.19. The van der Waals surface area contributed by atoms with E-state index < -0.39 is 10.5 Å². The number of rotatable bonds is 6. The standard InChI is InChI=1S/C10H14FNO3S/c1-2-7-12-8-9-3-5-10(6-4-9)15-16(11,13)14/h3-6,12H,2,7-8H2,1H3. The van der Waals surface area contributed by atoms with Gasteiger partial charge in [-0.2, -0.15) is 8.42 Å². The molecular formula is C10H14FNO3S. The van der Waals surface area contributed by atoms with Gasteiger partial charge in [0.05, 0.1) is 0 Å². The van der Waals surface area contributed by atoms with Crippen molar-refractivity contribution in [3.05, 3.63) is 29.8 Å². The lowest BCUT2D eigenvalue weighted by atomic mass is 10.2. The first-order valence-electron chi connectivity index (χ1n) is 4.95. The SMILES string of the molecule is CCCNCc1ccc(OS(=O)(=O)F)cc1. The van der Waals surface area contributed by atoms with Crippen molar-refractivity contribution in [2.75, 3.05) is 6.54 Å². The van der Waals surface area contributed by atoms with E-state index in [-0.39, 0.29) is 5.75 Å². The number of halogens is 1. The summed E-state index contributed by atoms with van der Waals surface area (Å²) in [5.41, 5.74) is 0.983. The maximum absolute atomic E-state index is 12.2. The Morgan fingerprint density at radius 3 is 2.44 bits per heavy atom. The second kappa shape index (κ2) is 5.81. The molecule has 1 N–H and O–H groups in total. The largest absolute Gasteiger partial charge is 0.488 e. The van der Waals surface area contributed by atoms with Crippen LogP contribution in [0.3, 0.4) is 0 Å². The Balaban J connectivity index is 2.54. The summed E-state index contributed by atoms with van der Waals surface area (Å²) >= 11 is 0. The molecule has 1 aromatic rings. The minimum Gasteiger partial charge on any atom is -0.358 e. The van der Waals surface area contributed by atoms with Gasteiger partial charge in [-0.1, -0.05) is 22.9 Å². The smallest absolute Gasteiger partial charge is 0.358 e. The van der Waals surface area contributed by atoms with Crippen LogP contribution >= 0.6 is 0 Å². The molecule has 1 aromatic carbocycles. The number of nitrogens with one attached hydrogen (secondary N) is 1. The highest BCUT2D eigenvalue weighted by Gasteiger charge is 2.08. The molecule has 0 aliphatic heterocycles. The molecule has 0 spiro atoms. The molecule has 0 unspecified atom stereocenters. The van der Waals surface area contributed by atoms with Crippen LogP contribution < -0.4 is 9.50 Å². The molecule has 0 radical (unpaired) electrons. The Bertz CT molecular complexity index is 416. The van der Waals surface area contributed by atoms with Gasteiger partial charge in [-0.25, -0.2) is 0 Å². The van der Waals surface area contributed by atoms with E-state index >= 15 is 0 Å². The Morgan fingerprint density at radius 2 is 1.94 bits per heavy atom. The molecule has 0 atom stereocenters. The highest BCUT2D eigenvalue weighted by atomic mass is 32.3. The lowest BCUT2D eigenvalue weighted by molar-refractivity contribution is 0.440. The molecule has 1 rings (SSSR count). The van der Waals surface area contributed by atoms with Crippen molar-refractivity contribution in [1.29, 1.82) is 0 Å². The quantitative estimate of drug-likeness (QED) is 0.615. The van der Waals surface area contributed by atoms with Crippen LogP contribution in [0.2, 0.25) is 0 Å². The van der Waals surface area contributed by atoms with E-state index in [0.717, 1.165) is 18.5 Å². The molecule has 0 aromatic heterocycles. The molecule has 0 bridgehead atoms. The van der Waals surface area contributed by atoms with Crippen LogP contribution in [0.4, 0.5) is 3.89 Å². The molecule has 0 aliphatic rings. The number of hydrogen-bond acceptors (Lipinski definition) is 4. The monoisotopic (exact) mass is 247 g/mol. The lowest BCUT2D eigenvalue weighted by Gasteiger charge is -2.04. The predicted octanol–water partition coefficient (Wildman–Crippen LogP) is 1.78. The zero-order valence-corrected chi connectivity index (χ0v) is 9.76. The normalized spacial score (nSPS) is 11.4. The maximum Gasteiger partial charge on any atom is 0.488 e. The van der Waals surface area contributed by atoms with Crippen LogP contribution in [0, 0.1) is 0 Å². The van der Waals surface area contributed by atoms with E-state index in [0.29, 0.717) is 6.54 Å². The van der Waals surface area contributed by atoms with Gasteiger partial charge in [0.15, 0.2) is 0 Å². The van der Waals surface area contributed by atoms with E-state index in [1.54, 1.807) is 12.1 Å². The van der Waals surface area contributed by atoms with Gasteiger partial charge in [0.2, 0.25) is 0 Å². The zero-order valence-electron chi connectivity index (χ0n) is 8.94. The fraction of sp³-hybridized carbons (Fsp3) is 0.400. The van der Waals surface area contributed by atoms with Crippen LogP contribution in [0.5, 0.6) is 5.75 Å². The lowest BCUT2D eigenvalue weighted by Crippen LogP contribution is -2.13. The van der Waals surface area contributed by atoms with E-state index in [4.69, 9.17) is 0 Å². The van der Waals surface area contributed by atoms with Gasteiger partial charge in [-0.15, -0.1) is 0 Å². The van der Waals surface area contributed by atoms with Crippen molar-refractivity contribution in [3.8, 4) is 5.75 Å². The third kappa shape index (κ3) is 5.09. The molecule has 0 saturated heterocycles. The van der Waals surface area contributed by atoms with E-state index in [2.05, 4.69) is 16.4 Å². The van der Waals surface area contributed by atoms with Crippen LogP contribution in [-0.2, 0) is 17.0 Å². The third-order valence-corrected chi connectivity index (χ3v) is 2.27. The maximum atomic E-state index is 12.2. The molecular weight excluding hydrogens is 233 g/mol. The molecule has 90 valence electrons. The average molecular weight is 247 g/mol. The van der Waals surface area contributed by atoms with Crippen LogP contribution in [0.1, 0.15) is 18.9 Å². The summed E-state index contributed by atoms with van der Waals surface area (Å²) in [6.07, 6.45) is 1.04. The Hall–Kier alpha value is -1.14. The topological polar surface area (TPSA) is 55.4 Å². The first-order chi connectivity index (χ1) is 7.51. The van der Waals surface area contributed by atoms with Crippen molar-refractivity contribution in [2.45, 2.75) is 19.9 Å². The molecule has 6 heteroatoms. The van der Waals surface area contributed by atoms with Crippen molar-refractivity contribution in [3.63, 3.8) is 0 Å².